The highest BCUT2D eigenvalue weighted by Crippen LogP contribution is 2.19. The lowest BCUT2D eigenvalue weighted by Gasteiger charge is -2.19. The summed E-state index contributed by atoms with van der Waals surface area (Å²) in [5.41, 5.74) is 2.45. The average molecular weight is 575 g/mol. The van der Waals surface area contributed by atoms with Gasteiger partial charge >= 0.3 is 0 Å². The van der Waals surface area contributed by atoms with Gasteiger partial charge in [0, 0.05) is 6.54 Å². The fourth-order valence-corrected chi connectivity index (χ4v) is 3.44. The van der Waals surface area contributed by atoms with Gasteiger partial charge in [0.15, 0.2) is 5.96 Å². The molecule has 2 aromatic rings. The molecule has 9 heteroatoms. The number of ether oxygens (including phenoxy) is 1. The quantitative estimate of drug-likeness (QED) is 0.221. The predicted octanol–water partition coefficient (Wildman–Crippen LogP) is 4.53. The minimum Gasteiger partial charge on any atom is -0.493 e. The second-order valence-electron chi connectivity index (χ2n) is 7.87. The van der Waals surface area contributed by atoms with Gasteiger partial charge < -0.3 is 15.4 Å². The molecule has 0 aliphatic carbocycles. The molecule has 0 radical (unpaired) electrons. The van der Waals surface area contributed by atoms with E-state index in [2.05, 4.69) is 41.1 Å². The lowest BCUT2D eigenvalue weighted by Crippen LogP contribution is -2.38. The van der Waals surface area contributed by atoms with Crippen molar-refractivity contribution in [2.45, 2.75) is 40.3 Å². The van der Waals surface area contributed by atoms with Crippen molar-refractivity contribution in [1.82, 2.24) is 10.6 Å². The van der Waals surface area contributed by atoms with E-state index >= 15 is 0 Å². The number of aliphatic imine (C=N–C) groups is 1. The molecular weight excluding hydrogens is 539 g/mol. The zero-order chi connectivity index (χ0) is 22.9. The molecule has 7 nitrogen and oxygen atoms in total. The van der Waals surface area contributed by atoms with Crippen LogP contribution in [0.15, 0.2) is 53.5 Å². The Labute approximate surface area is 209 Å². The van der Waals surface area contributed by atoms with Crippen LogP contribution in [0, 0.1) is 5.92 Å². The van der Waals surface area contributed by atoms with E-state index in [4.69, 9.17) is 4.74 Å². The van der Waals surface area contributed by atoms with Gasteiger partial charge in [0.05, 0.1) is 31.1 Å². The fourth-order valence-electron chi connectivity index (χ4n) is 2.85. The number of sulfonamides is 1. The second kappa shape index (κ2) is 13.5. The standard InChI is InChI=1S/C23H34N4O3S.HI/c1-6-24-23(25-15-20-9-7-8-10-22(20)27-31(5,28)29)26-18(4)19-11-13-21(14-12-19)30-16-17(2)3;/h7-14,17-18,27H,6,15-16H2,1-5H3,(H2,24,25,26);1H. The zero-order valence-electron chi connectivity index (χ0n) is 19.4. The Kier molecular flexibility index (Phi) is 11.8. The first-order chi connectivity index (χ1) is 14.7. The molecule has 32 heavy (non-hydrogen) atoms. The van der Waals surface area contributed by atoms with Gasteiger partial charge in [-0.1, -0.05) is 44.2 Å². The Morgan fingerprint density at radius 3 is 2.31 bits per heavy atom. The number of para-hydroxylation sites is 1. The fraction of sp³-hybridized carbons (Fsp3) is 0.435. The number of hydrogen-bond donors (Lipinski definition) is 3. The second-order valence-corrected chi connectivity index (χ2v) is 9.61. The summed E-state index contributed by atoms with van der Waals surface area (Å²) in [6, 6.07) is 15.3. The topological polar surface area (TPSA) is 91.8 Å². The van der Waals surface area contributed by atoms with Crippen LogP contribution in [-0.2, 0) is 16.6 Å². The summed E-state index contributed by atoms with van der Waals surface area (Å²) < 4.78 is 31.5. The molecule has 0 aliphatic heterocycles. The number of halogens is 1. The molecular formula is C23H35IN4O3S. The highest BCUT2D eigenvalue weighted by atomic mass is 127. The van der Waals surface area contributed by atoms with Crippen LogP contribution >= 0.6 is 24.0 Å². The molecule has 0 aromatic heterocycles. The number of rotatable bonds is 10. The molecule has 0 aliphatic rings. The summed E-state index contributed by atoms with van der Waals surface area (Å²) in [4.78, 5) is 4.64. The summed E-state index contributed by atoms with van der Waals surface area (Å²) in [5, 5.41) is 6.64. The summed E-state index contributed by atoms with van der Waals surface area (Å²) in [6.45, 7) is 10.1. The van der Waals surface area contributed by atoms with E-state index in [-0.39, 0.29) is 30.0 Å². The van der Waals surface area contributed by atoms with Crippen LogP contribution in [0.5, 0.6) is 5.75 Å². The molecule has 0 fully saturated rings. The molecule has 1 unspecified atom stereocenters. The molecule has 0 saturated heterocycles. The molecule has 0 spiro atoms. The third kappa shape index (κ3) is 10.1. The van der Waals surface area contributed by atoms with Crippen LogP contribution in [0.25, 0.3) is 0 Å². The van der Waals surface area contributed by atoms with Crippen LogP contribution in [0.3, 0.4) is 0 Å². The molecule has 3 N–H and O–H groups in total. The molecule has 0 bridgehead atoms. The van der Waals surface area contributed by atoms with Crippen molar-refractivity contribution in [2.24, 2.45) is 10.9 Å². The van der Waals surface area contributed by atoms with Crippen LogP contribution in [0.2, 0.25) is 0 Å². The van der Waals surface area contributed by atoms with Crippen molar-refractivity contribution >= 4 is 45.6 Å². The van der Waals surface area contributed by atoms with Crippen molar-refractivity contribution in [1.29, 1.82) is 0 Å². The van der Waals surface area contributed by atoms with Gasteiger partial charge in [0.25, 0.3) is 0 Å². The molecule has 0 saturated carbocycles. The molecule has 0 heterocycles. The summed E-state index contributed by atoms with van der Waals surface area (Å²) in [7, 11) is -3.36. The molecule has 2 rings (SSSR count). The van der Waals surface area contributed by atoms with Crippen molar-refractivity contribution < 1.29 is 13.2 Å². The Bertz CT molecular complexity index is 963. The van der Waals surface area contributed by atoms with E-state index < -0.39 is 10.0 Å². The third-order valence-corrected chi connectivity index (χ3v) is 4.97. The average Bonchev–Trinajstić information content (AvgIpc) is 2.70. The van der Waals surface area contributed by atoms with Gasteiger partial charge in [-0.25, -0.2) is 13.4 Å². The normalized spacial score (nSPS) is 12.6. The Morgan fingerprint density at radius 2 is 1.72 bits per heavy atom. The first-order valence-corrected chi connectivity index (χ1v) is 12.4. The Hall–Kier alpha value is -2.01. The zero-order valence-corrected chi connectivity index (χ0v) is 22.5. The minimum absolute atomic E-state index is 0. The van der Waals surface area contributed by atoms with Gasteiger partial charge in [-0.3, -0.25) is 4.72 Å². The molecule has 2 aromatic carbocycles. The van der Waals surface area contributed by atoms with Gasteiger partial charge in [0.1, 0.15) is 5.75 Å². The van der Waals surface area contributed by atoms with Crippen LogP contribution < -0.4 is 20.1 Å². The van der Waals surface area contributed by atoms with E-state index in [9.17, 15) is 8.42 Å². The van der Waals surface area contributed by atoms with Crippen LogP contribution in [-0.4, -0.2) is 33.8 Å². The first kappa shape index (κ1) is 28.0. The predicted molar refractivity (Wildman–Crippen MR) is 143 cm³/mol. The first-order valence-electron chi connectivity index (χ1n) is 10.5. The number of guanidine groups is 1. The van der Waals surface area contributed by atoms with E-state index in [1.54, 1.807) is 12.1 Å². The molecule has 178 valence electrons. The van der Waals surface area contributed by atoms with Gasteiger partial charge in [-0.15, -0.1) is 24.0 Å². The Balaban J connectivity index is 0.00000512. The minimum atomic E-state index is -3.36. The summed E-state index contributed by atoms with van der Waals surface area (Å²) >= 11 is 0. The lowest BCUT2D eigenvalue weighted by molar-refractivity contribution is 0.271. The van der Waals surface area contributed by atoms with E-state index in [1.807, 2.05) is 43.3 Å². The lowest BCUT2D eigenvalue weighted by atomic mass is 10.1. The van der Waals surface area contributed by atoms with Crippen LogP contribution in [0.4, 0.5) is 5.69 Å². The number of nitrogens with zero attached hydrogens (tertiary/aromatic N) is 1. The highest BCUT2D eigenvalue weighted by Gasteiger charge is 2.10. The maximum Gasteiger partial charge on any atom is 0.229 e. The maximum atomic E-state index is 11.6. The van der Waals surface area contributed by atoms with Gasteiger partial charge in [0.2, 0.25) is 10.0 Å². The molecule has 0 amide bonds. The van der Waals surface area contributed by atoms with Crippen molar-refractivity contribution in [3.05, 3.63) is 59.7 Å². The number of anilines is 1. The third-order valence-electron chi connectivity index (χ3n) is 4.38. The van der Waals surface area contributed by atoms with Crippen molar-refractivity contribution in [3.63, 3.8) is 0 Å². The van der Waals surface area contributed by atoms with Crippen molar-refractivity contribution in [3.8, 4) is 5.75 Å². The van der Waals surface area contributed by atoms with Gasteiger partial charge in [-0.2, -0.15) is 0 Å². The van der Waals surface area contributed by atoms with E-state index in [0.29, 0.717) is 37.3 Å². The number of hydrogen-bond acceptors (Lipinski definition) is 4. The molecule has 1 atom stereocenters. The van der Waals surface area contributed by atoms with E-state index in [1.165, 1.54) is 0 Å². The highest BCUT2D eigenvalue weighted by molar-refractivity contribution is 14.0. The number of nitrogens with one attached hydrogen (secondary N) is 3. The maximum absolute atomic E-state index is 11.6. The van der Waals surface area contributed by atoms with E-state index in [0.717, 1.165) is 23.1 Å². The summed E-state index contributed by atoms with van der Waals surface area (Å²) in [6.07, 6.45) is 1.14. The van der Waals surface area contributed by atoms with Crippen molar-refractivity contribution in [2.75, 3.05) is 24.1 Å². The monoisotopic (exact) mass is 574 g/mol. The largest absolute Gasteiger partial charge is 0.493 e. The van der Waals surface area contributed by atoms with Gasteiger partial charge in [-0.05, 0) is 49.1 Å². The summed E-state index contributed by atoms with van der Waals surface area (Å²) in [5.74, 6) is 2.00. The number of benzene rings is 2. The SMILES string of the molecule is CCNC(=NCc1ccccc1NS(C)(=O)=O)NC(C)c1ccc(OCC(C)C)cc1.I. The van der Waals surface area contributed by atoms with Crippen LogP contribution in [0.1, 0.15) is 44.9 Å². The Morgan fingerprint density at radius 1 is 1.06 bits per heavy atom. The smallest absolute Gasteiger partial charge is 0.229 e.